The lowest BCUT2D eigenvalue weighted by molar-refractivity contribution is 0.397. The first-order valence-electron chi connectivity index (χ1n) is 6.14. The van der Waals surface area contributed by atoms with Gasteiger partial charge in [-0.3, -0.25) is 4.21 Å². The van der Waals surface area contributed by atoms with Gasteiger partial charge >= 0.3 is 0 Å². The first-order chi connectivity index (χ1) is 8.61. The minimum absolute atomic E-state index is 0.0452. The topological polar surface area (TPSA) is 29.1 Å². The molecule has 0 amide bonds. The van der Waals surface area contributed by atoms with E-state index in [1.807, 2.05) is 7.05 Å². The van der Waals surface area contributed by atoms with E-state index in [2.05, 4.69) is 5.32 Å². The Balaban J connectivity index is 2.15. The largest absolute Gasteiger partial charge is 0.317 e. The minimum atomic E-state index is -1.39. The maximum atomic E-state index is 13.6. The van der Waals surface area contributed by atoms with Gasteiger partial charge in [-0.2, -0.15) is 0 Å². The number of nitrogens with one attached hydrogen (secondary N) is 1. The van der Waals surface area contributed by atoms with Crippen molar-refractivity contribution in [3.8, 4) is 0 Å². The maximum absolute atomic E-state index is 13.6. The number of rotatable bonds is 3. The molecule has 0 radical (unpaired) electrons. The van der Waals surface area contributed by atoms with Crippen LogP contribution in [-0.4, -0.2) is 22.5 Å². The fourth-order valence-electron chi connectivity index (χ4n) is 2.42. The number of benzene rings is 1. The van der Waals surface area contributed by atoms with Crippen molar-refractivity contribution in [2.45, 2.75) is 41.9 Å². The van der Waals surface area contributed by atoms with Gasteiger partial charge in [0.05, 0.1) is 15.7 Å². The Hall–Kier alpha value is -0.810. The monoisotopic (exact) mass is 273 g/mol. The molecule has 1 aliphatic carbocycles. The van der Waals surface area contributed by atoms with Crippen LogP contribution in [0.1, 0.15) is 25.7 Å². The number of hydrogen-bond donors (Lipinski definition) is 1. The summed E-state index contributed by atoms with van der Waals surface area (Å²) in [6, 6.07) is 3.60. The molecule has 1 aliphatic rings. The van der Waals surface area contributed by atoms with Crippen LogP contribution in [0.5, 0.6) is 0 Å². The molecule has 100 valence electrons. The summed E-state index contributed by atoms with van der Waals surface area (Å²) >= 11 is 0. The Bertz CT molecular complexity index is 453. The fourth-order valence-corrected chi connectivity index (χ4v) is 4.02. The normalized spacial score (nSPS) is 25.9. The summed E-state index contributed by atoms with van der Waals surface area (Å²) < 4.78 is 38.7. The molecule has 3 atom stereocenters. The second kappa shape index (κ2) is 5.89. The molecule has 0 bridgehead atoms. The predicted octanol–water partition coefficient (Wildman–Crippen LogP) is 2.60. The third kappa shape index (κ3) is 2.95. The molecule has 2 rings (SSSR count). The molecular formula is C13H17F2NOS. The van der Waals surface area contributed by atoms with Crippen molar-refractivity contribution in [1.29, 1.82) is 0 Å². The van der Waals surface area contributed by atoms with E-state index in [9.17, 15) is 13.0 Å². The van der Waals surface area contributed by atoms with Crippen LogP contribution in [0.2, 0.25) is 0 Å². The zero-order valence-corrected chi connectivity index (χ0v) is 11.1. The molecule has 0 saturated heterocycles. The molecule has 1 aromatic rings. The zero-order valence-electron chi connectivity index (χ0n) is 10.3. The van der Waals surface area contributed by atoms with Crippen LogP contribution < -0.4 is 5.32 Å². The second-order valence-electron chi connectivity index (χ2n) is 4.65. The molecule has 0 heterocycles. The lowest BCUT2D eigenvalue weighted by Crippen LogP contribution is -2.35. The van der Waals surface area contributed by atoms with E-state index in [4.69, 9.17) is 0 Å². The Labute approximate surface area is 108 Å². The van der Waals surface area contributed by atoms with Crippen LogP contribution in [0, 0.1) is 11.6 Å². The molecule has 2 nitrogen and oxygen atoms in total. The van der Waals surface area contributed by atoms with Crippen molar-refractivity contribution >= 4 is 10.8 Å². The highest BCUT2D eigenvalue weighted by atomic mass is 32.2. The average Bonchev–Trinajstić information content (AvgIpc) is 2.38. The summed E-state index contributed by atoms with van der Waals surface area (Å²) in [7, 11) is 0.490. The van der Waals surface area contributed by atoms with Crippen LogP contribution in [0.4, 0.5) is 8.78 Å². The van der Waals surface area contributed by atoms with E-state index in [0.29, 0.717) is 6.04 Å². The molecular weight excluding hydrogens is 256 g/mol. The van der Waals surface area contributed by atoms with Gasteiger partial charge in [0.25, 0.3) is 0 Å². The Kier molecular flexibility index (Phi) is 4.45. The molecule has 18 heavy (non-hydrogen) atoms. The fraction of sp³-hybridized carbons (Fsp3) is 0.538. The van der Waals surface area contributed by atoms with Crippen LogP contribution in [0.15, 0.2) is 23.1 Å². The standard InChI is InChI=1S/C13H17F2NOS/c1-16-10-3-2-4-11(8-10)18(17)13-6-5-9(14)7-12(13)15/h5-7,10-11,16H,2-4,8H2,1H3. The summed E-state index contributed by atoms with van der Waals surface area (Å²) in [5, 5.41) is 3.13. The summed E-state index contributed by atoms with van der Waals surface area (Å²) in [5.41, 5.74) is 0. The van der Waals surface area contributed by atoms with Gasteiger partial charge in [-0.1, -0.05) is 6.42 Å². The maximum Gasteiger partial charge on any atom is 0.142 e. The first-order valence-corrected chi connectivity index (χ1v) is 7.36. The molecule has 3 unspecified atom stereocenters. The van der Waals surface area contributed by atoms with E-state index in [-0.39, 0.29) is 10.1 Å². The third-order valence-corrected chi connectivity index (χ3v) is 5.25. The van der Waals surface area contributed by atoms with Gasteiger partial charge in [-0.05, 0) is 38.4 Å². The van der Waals surface area contributed by atoms with E-state index in [1.54, 1.807) is 0 Å². The molecule has 1 aromatic carbocycles. The van der Waals surface area contributed by atoms with Crippen molar-refractivity contribution in [1.82, 2.24) is 5.32 Å². The van der Waals surface area contributed by atoms with Crippen LogP contribution in [-0.2, 0) is 10.8 Å². The van der Waals surface area contributed by atoms with Gasteiger partial charge in [-0.25, -0.2) is 8.78 Å². The lowest BCUT2D eigenvalue weighted by atomic mass is 9.95. The van der Waals surface area contributed by atoms with E-state index in [0.717, 1.165) is 37.8 Å². The van der Waals surface area contributed by atoms with Gasteiger partial charge in [0, 0.05) is 17.4 Å². The third-order valence-electron chi connectivity index (χ3n) is 3.45. The summed E-state index contributed by atoms with van der Waals surface area (Å²) in [4.78, 5) is 0.123. The SMILES string of the molecule is CNC1CCCC(S(=O)c2ccc(F)cc2F)C1. The quantitative estimate of drug-likeness (QED) is 0.917. The zero-order chi connectivity index (χ0) is 13.1. The number of halogens is 2. The van der Waals surface area contributed by atoms with Crippen LogP contribution >= 0.6 is 0 Å². The molecule has 1 N–H and O–H groups in total. The number of hydrogen-bond acceptors (Lipinski definition) is 2. The van der Waals surface area contributed by atoms with Crippen molar-refractivity contribution < 1.29 is 13.0 Å². The van der Waals surface area contributed by atoms with Crippen molar-refractivity contribution in [3.05, 3.63) is 29.8 Å². The van der Waals surface area contributed by atoms with Crippen LogP contribution in [0.3, 0.4) is 0 Å². The van der Waals surface area contributed by atoms with Crippen molar-refractivity contribution in [2.75, 3.05) is 7.05 Å². The average molecular weight is 273 g/mol. The second-order valence-corrected chi connectivity index (χ2v) is 6.35. The summed E-state index contributed by atoms with van der Waals surface area (Å²) in [6.45, 7) is 0. The Morgan fingerprint density at radius 3 is 2.78 bits per heavy atom. The van der Waals surface area contributed by atoms with Crippen molar-refractivity contribution in [2.24, 2.45) is 0 Å². The van der Waals surface area contributed by atoms with E-state index >= 15 is 0 Å². The Morgan fingerprint density at radius 2 is 2.11 bits per heavy atom. The van der Waals surface area contributed by atoms with Crippen molar-refractivity contribution in [3.63, 3.8) is 0 Å². The van der Waals surface area contributed by atoms with Gasteiger partial charge in [-0.15, -0.1) is 0 Å². The smallest absolute Gasteiger partial charge is 0.142 e. The lowest BCUT2D eigenvalue weighted by Gasteiger charge is -2.28. The van der Waals surface area contributed by atoms with E-state index < -0.39 is 22.4 Å². The van der Waals surface area contributed by atoms with Gasteiger partial charge in [0.2, 0.25) is 0 Å². The summed E-state index contributed by atoms with van der Waals surface area (Å²) in [6.07, 6.45) is 3.67. The molecule has 5 heteroatoms. The highest BCUT2D eigenvalue weighted by Gasteiger charge is 2.27. The minimum Gasteiger partial charge on any atom is -0.317 e. The Morgan fingerprint density at radius 1 is 1.33 bits per heavy atom. The van der Waals surface area contributed by atoms with Crippen LogP contribution in [0.25, 0.3) is 0 Å². The molecule has 0 spiro atoms. The van der Waals surface area contributed by atoms with Gasteiger partial charge < -0.3 is 5.32 Å². The molecule has 1 saturated carbocycles. The highest BCUT2D eigenvalue weighted by molar-refractivity contribution is 7.85. The first kappa shape index (κ1) is 13.6. The van der Waals surface area contributed by atoms with Gasteiger partial charge in [0.15, 0.2) is 0 Å². The molecule has 1 fully saturated rings. The highest BCUT2D eigenvalue weighted by Crippen LogP contribution is 2.27. The molecule has 0 aromatic heterocycles. The van der Waals surface area contributed by atoms with E-state index in [1.165, 1.54) is 6.07 Å². The van der Waals surface area contributed by atoms with Gasteiger partial charge in [0.1, 0.15) is 11.6 Å². The molecule has 0 aliphatic heterocycles. The predicted molar refractivity (Wildman–Crippen MR) is 67.9 cm³/mol. The summed E-state index contributed by atoms with van der Waals surface area (Å²) in [5.74, 6) is -1.34.